The summed E-state index contributed by atoms with van der Waals surface area (Å²) in [7, 11) is 0. The van der Waals surface area contributed by atoms with Gasteiger partial charge >= 0.3 is 0 Å². The van der Waals surface area contributed by atoms with Crippen molar-refractivity contribution in [3.63, 3.8) is 0 Å². The van der Waals surface area contributed by atoms with Gasteiger partial charge in [0.05, 0.1) is 11.2 Å². The van der Waals surface area contributed by atoms with Gasteiger partial charge in [-0.2, -0.15) is 0 Å². The molecule has 0 spiro atoms. The molecule has 0 saturated heterocycles. The fraction of sp³-hybridized carbons (Fsp3) is 0.211. The smallest absolute Gasteiger partial charge is 0.231 e. The number of benzene rings is 1. The highest BCUT2D eigenvalue weighted by Gasteiger charge is 2.16. The zero-order valence-electron chi connectivity index (χ0n) is 14.5. The molecule has 0 radical (unpaired) electrons. The number of thioether (sulfide) groups is 1. The molecule has 134 valence electrons. The van der Waals surface area contributed by atoms with Gasteiger partial charge < -0.3 is 9.94 Å². The number of rotatable bonds is 6. The van der Waals surface area contributed by atoms with E-state index in [9.17, 15) is 5.21 Å². The summed E-state index contributed by atoms with van der Waals surface area (Å²) in [5.74, 6) is 0.928. The Kier molecular flexibility index (Phi) is 6.25. The van der Waals surface area contributed by atoms with Gasteiger partial charge in [0.25, 0.3) is 0 Å². The Hall–Kier alpha value is -2.38. The van der Waals surface area contributed by atoms with Crippen molar-refractivity contribution in [1.29, 1.82) is 0 Å². The number of hydrogen-bond donors (Lipinski definition) is 1. The van der Waals surface area contributed by atoms with E-state index in [1.807, 2.05) is 54.9 Å². The maximum absolute atomic E-state index is 9.29. The van der Waals surface area contributed by atoms with Crippen molar-refractivity contribution < 1.29 is 9.94 Å². The third-order valence-electron chi connectivity index (χ3n) is 3.78. The first-order valence-electron chi connectivity index (χ1n) is 8.09. The predicted octanol–water partition coefficient (Wildman–Crippen LogP) is 5.29. The number of oxime groups is 1. The highest BCUT2D eigenvalue weighted by atomic mass is 32.2. The van der Waals surface area contributed by atoms with Crippen LogP contribution in [0.1, 0.15) is 24.1 Å². The largest absolute Gasteiger partial charge is 0.438 e. The second-order valence-corrected chi connectivity index (χ2v) is 7.56. The van der Waals surface area contributed by atoms with Gasteiger partial charge in [-0.05, 0) is 18.4 Å². The van der Waals surface area contributed by atoms with Gasteiger partial charge in [-0.15, -0.1) is 23.1 Å². The molecular formula is C19H19N3O2S2. The van der Waals surface area contributed by atoms with Crippen molar-refractivity contribution in [2.45, 2.75) is 24.3 Å². The Bertz CT molecular complexity index is 864. The van der Waals surface area contributed by atoms with Crippen LogP contribution in [0.2, 0.25) is 0 Å². The summed E-state index contributed by atoms with van der Waals surface area (Å²) in [5.41, 5.74) is 1.10. The molecule has 26 heavy (non-hydrogen) atoms. The average Bonchev–Trinajstić information content (AvgIpc) is 3.19. The van der Waals surface area contributed by atoms with Crippen LogP contribution in [0.25, 0.3) is 10.6 Å². The lowest BCUT2D eigenvalue weighted by molar-refractivity contribution is 0.299. The van der Waals surface area contributed by atoms with E-state index in [-0.39, 0.29) is 11.8 Å². The SMILES string of the molecule is CSc1ccc(O/C(CC(C)c2cnc(-c3ccccc3)s2)=N/O)cn1. The minimum absolute atomic E-state index is 0.120. The molecule has 0 saturated carbocycles. The van der Waals surface area contributed by atoms with Crippen LogP contribution in [0.4, 0.5) is 0 Å². The summed E-state index contributed by atoms with van der Waals surface area (Å²) in [6.45, 7) is 2.06. The first-order valence-corrected chi connectivity index (χ1v) is 10.1. The highest BCUT2D eigenvalue weighted by Crippen LogP contribution is 2.31. The second-order valence-electron chi connectivity index (χ2n) is 5.67. The lowest BCUT2D eigenvalue weighted by Crippen LogP contribution is -2.12. The Morgan fingerprint density at radius 1 is 1.19 bits per heavy atom. The average molecular weight is 386 g/mol. The van der Waals surface area contributed by atoms with Gasteiger partial charge in [0.1, 0.15) is 10.8 Å². The number of hydrogen-bond acceptors (Lipinski definition) is 7. The van der Waals surface area contributed by atoms with Crippen molar-refractivity contribution in [2.24, 2.45) is 5.16 Å². The Morgan fingerprint density at radius 3 is 2.65 bits per heavy atom. The summed E-state index contributed by atoms with van der Waals surface area (Å²) in [4.78, 5) is 9.87. The van der Waals surface area contributed by atoms with Crippen LogP contribution in [-0.4, -0.2) is 27.3 Å². The lowest BCUT2D eigenvalue weighted by Gasteiger charge is -2.11. The first-order chi connectivity index (χ1) is 12.7. The van der Waals surface area contributed by atoms with Gasteiger partial charge in [0.2, 0.25) is 5.90 Å². The quantitative estimate of drug-likeness (QED) is 0.205. The van der Waals surface area contributed by atoms with Gasteiger partial charge in [0, 0.05) is 29.0 Å². The summed E-state index contributed by atoms with van der Waals surface area (Å²) < 4.78 is 5.66. The number of pyridine rings is 1. The van der Waals surface area contributed by atoms with Crippen LogP contribution in [0.3, 0.4) is 0 Å². The third-order valence-corrected chi connectivity index (χ3v) is 5.71. The van der Waals surface area contributed by atoms with E-state index in [0.717, 1.165) is 20.5 Å². The van der Waals surface area contributed by atoms with Crippen molar-refractivity contribution in [3.05, 3.63) is 59.7 Å². The molecule has 0 aliphatic carbocycles. The topological polar surface area (TPSA) is 67.6 Å². The third kappa shape index (κ3) is 4.62. The van der Waals surface area contributed by atoms with E-state index in [0.29, 0.717) is 12.2 Å². The molecule has 1 atom stereocenters. The van der Waals surface area contributed by atoms with Crippen LogP contribution in [-0.2, 0) is 0 Å². The van der Waals surface area contributed by atoms with Crippen LogP contribution in [0.5, 0.6) is 5.75 Å². The van der Waals surface area contributed by atoms with Crippen molar-refractivity contribution in [3.8, 4) is 16.3 Å². The van der Waals surface area contributed by atoms with Gasteiger partial charge in [-0.1, -0.05) is 42.4 Å². The highest BCUT2D eigenvalue weighted by molar-refractivity contribution is 7.98. The number of nitrogens with zero attached hydrogens (tertiary/aromatic N) is 3. The molecule has 0 amide bonds. The van der Waals surface area contributed by atoms with E-state index >= 15 is 0 Å². The summed E-state index contributed by atoms with van der Waals surface area (Å²) >= 11 is 3.20. The van der Waals surface area contributed by atoms with E-state index in [2.05, 4.69) is 22.0 Å². The molecule has 5 nitrogen and oxygen atoms in total. The molecular weight excluding hydrogens is 366 g/mol. The molecule has 0 aliphatic rings. The molecule has 1 unspecified atom stereocenters. The molecule has 2 aromatic heterocycles. The minimum Gasteiger partial charge on any atom is -0.438 e. The van der Waals surface area contributed by atoms with E-state index in [1.54, 1.807) is 29.3 Å². The molecule has 3 rings (SSSR count). The molecule has 0 bridgehead atoms. The molecule has 7 heteroatoms. The monoisotopic (exact) mass is 385 g/mol. The predicted molar refractivity (Wildman–Crippen MR) is 106 cm³/mol. The van der Waals surface area contributed by atoms with Crippen LogP contribution in [0, 0.1) is 0 Å². The number of thiazole rings is 1. The minimum atomic E-state index is 0.120. The standard InChI is InChI=1S/C19H19N3O2S2/c1-13(16-12-21-19(26-16)14-6-4-3-5-7-14)10-17(22-23)24-15-8-9-18(25-2)20-11-15/h3-9,11-13,23H,10H2,1-2H3/b22-17+. The second kappa shape index (κ2) is 8.82. The van der Waals surface area contributed by atoms with E-state index in [4.69, 9.17) is 4.74 Å². The number of aromatic nitrogens is 2. The Morgan fingerprint density at radius 2 is 2.00 bits per heavy atom. The number of ether oxygens (including phenoxy) is 1. The normalized spacial score (nSPS) is 12.8. The van der Waals surface area contributed by atoms with Crippen molar-refractivity contribution in [1.82, 2.24) is 9.97 Å². The Labute approximate surface area is 160 Å². The van der Waals surface area contributed by atoms with E-state index in [1.165, 1.54) is 0 Å². The summed E-state index contributed by atoms with van der Waals surface area (Å²) in [6.07, 6.45) is 5.94. The van der Waals surface area contributed by atoms with Crippen molar-refractivity contribution >= 4 is 29.0 Å². The Balaban J connectivity index is 1.65. The molecule has 1 aromatic carbocycles. The van der Waals surface area contributed by atoms with E-state index < -0.39 is 0 Å². The zero-order valence-corrected chi connectivity index (χ0v) is 16.1. The van der Waals surface area contributed by atoms with Crippen LogP contribution >= 0.6 is 23.1 Å². The molecule has 0 fully saturated rings. The van der Waals surface area contributed by atoms with Gasteiger partial charge in [0.15, 0.2) is 0 Å². The fourth-order valence-electron chi connectivity index (χ4n) is 2.38. The van der Waals surface area contributed by atoms with Crippen LogP contribution in [0.15, 0.2) is 65.0 Å². The van der Waals surface area contributed by atoms with Crippen LogP contribution < -0.4 is 4.74 Å². The van der Waals surface area contributed by atoms with Gasteiger partial charge in [-0.3, -0.25) is 0 Å². The summed E-state index contributed by atoms with van der Waals surface area (Å²) in [6, 6.07) is 13.8. The lowest BCUT2D eigenvalue weighted by atomic mass is 10.1. The molecule has 0 aliphatic heterocycles. The maximum atomic E-state index is 9.29. The zero-order chi connectivity index (χ0) is 18.4. The molecule has 3 aromatic rings. The maximum Gasteiger partial charge on any atom is 0.231 e. The molecule has 2 heterocycles. The summed E-state index contributed by atoms with van der Waals surface area (Å²) in [5, 5.41) is 14.5. The van der Waals surface area contributed by atoms with Crippen molar-refractivity contribution in [2.75, 3.05) is 6.26 Å². The van der Waals surface area contributed by atoms with Gasteiger partial charge in [-0.25, -0.2) is 9.97 Å². The fourth-order valence-corrected chi connectivity index (χ4v) is 3.71. The molecule has 1 N–H and O–H groups in total. The first kappa shape index (κ1) is 18.4.